The maximum Gasteiger partial charge on any atom is 0.277 e. The average Bonchev–Trinajstić information content (AvgIpc) is 3.47. The van der Waals surface area contributed by atoms with E-state index in [1.54, 1.807) is 36.5 Å². The van der Waals surface area contributed by atoms with Crippen molar-refractivity contribution in [1.82, 2.24) is 14.2 Å². The predicted molar refractivity (Wildman–Crippen MR) is 119 cm³/mol. The van der Waals surface area contributed by atoms with Gasteiger partial charge in [0.1, 0.15) is 12.1 Å². The molecule has 0 saturated heterocycles. The summed E-state index contributed by atoms with van der Waals surface area (Å²) in [6.07, 6.45) is 3.16. The molecule has 0 fully saturated rings. The molecule has 0 saturated carbocycles. The van der Waals surface area contributed by atoms with Crippen LogP contribution in [0.4, 0.5) is 5.69 Å². The number of anilines is 1. The van der Waals surface area contributed by atoms with Gasteiger partial charge in [-0.05, 0) is 36.4 Å². The first-order chi connectivity index (χ1) is 16.1. The molecule has 0 aliphatic carbocycles. The number of carbonyl (C=O) groups excluding carboxylic acids is 1. The second-order valence-electron chi connectivity index (χ2n) is 7.28. The lowest BCUT2D eigenvalue weighted by molar-refractivity contribution is -0.116. The van der Waals surface area contributed by atoms with E-state index in [4.69, 9.17) is 18.9 Å². The maximum atomic E-state index is 13.0. The fraction of sp³-hybridized carbons (Fsp3) is 0.174. The summed E-state index contributed by atoms with van der Waals surface area (Å²) >= 11 is 0. The lowest BCUT2D eigenvalue weighted by Gasteiger charge is -2.11. The number of benzene rings is 2. The minimum absolute atomic E-state index is 0.159. The number of nitrogens with one attached hydrogen (secondary N) is 1. The van der Waals surface area contributed by atoms with Crippen LogP contribution in [-0.4, -0.2) is 41.1 Å². The lowest BCUT2D eigenvalue weighted by Crippen LogP contribution is -2.28. The molecule has 0 radical (unpaired) electrons. The normalized spacial score (nSPS) is 12.1. The van der Waals surface area contributed by atoms with Crippen molar-refractivity contribution in [3.63, 3.8) is 0 Å². The van der Waals surface area contributed by atoms with Crippen molar-refractivity contribution in [1.29, 1.82) is 0 Å². The summed E-state index contributed by atoms with van der Waals surface area (Å²) in [7, 11) is 3.05. The third-order valence-electron chi connectivity index (χ3n) is 5.25. The Morgan fingerprint density at radius 3 is 2.67 bits per heavy atom. The molecule has 2 aromatic heterocycles. The standard InChI is InChI=1S/C23H20N4O6/c1-30-18-6-4-15(10-20(18)31-2)24-22(28)12-26-7-8-27-17(23(26)29)11-16(25-27)14-3-5-19-21(9-14)33-13-32-19/h3-11H,12-13H2,1-2H3,(H,24,28). The van der Waals surface area contributed by atoms with Crippen molar-refractivity contribution in [3.05, 3.63) is 65.2 Å². The number of amides is 1. The number of fused-ring (bicyclic) bond motifs is 2. The molecular weight excluding hydrogens is 428 g/mol. The minimum atomic E-state index is -0.357. The number of hydrogen-bond donors (Lipinski definition) is 1. The molecule has 0 atom stereocenters. The van der Waals surface area contributed by atoms with Crippen LogP contribution in [-0.2, 0) is 11.3 Å². The maximum absolute atomic E-state index is 13.0. The lowest BCUT2D eigenvalue weighted by atomic mass is 10.1. The molecule has 168 valence electrons. The number of hydrogen-bond acceptors (Lipinski definition) is 7. The largest absolute Gasteiger partial charge is 0.493 e. The molecule has 10 nitrogen and oxygen atoms in total. The second-order valence-corrected chi connectivity index (χ2v) is 7.28. The van der Waals surface area contributed by atoms with Crippen LogP contribution in [0.1, 0.15) is 0 Å². The third kappa shape index (κ3) is 3.82. The molecule has 10 heteroatoms. The molecule has 0 bridgehead atoms. The van der Waals surface area contributed by atoms with Gasteiger partial charge in [-0.15, -0.1) is 0 Å². The Labute approximate surface area is 187 Å². The molecule has 5 rings (SSSR count). The molecule has 1 N–H and O–H groups in total. The van der Waals surface area contributed by atoms with Crippen LogP contribution in [0.25, 0.3) is 16.8 Å². The van der Waals surface area contributed by atoms with Crippen LogP contribution in [0, 0.1) is 0 Å². The van der Waals surface area contributed by atoms with E-state index < -0.39 is 0 Å². The first-order valence-electron chi connectivity index (χ1n) is 10.1. The quantitative estimate of drug-likeness (QED) is 0.483. The number of methoxy groups -OCH3 is 2. The zero-order valence-corrected chi connectivity index (χ0v) is 17.9. The van der Waals surface area contributed by atoms with Crippen LogP contribution < -0.4 is 29.8 Å². The molecule has 0 unspecified atom stereocenters. The van der Waals surface area contributed by atoms with Gasteiger partial charge in [-0.2, -0.15) is 5.10 Å². The van der Waals surface area contributed by atoms with Gasteiger partial charge in [0.15, 0.2) is 23.0 Å². The highest BCUT2D eigenvalue weighted by molar-refractivity contribution is 5.91. The molecule has 4 aromatic rings. The van der Waals surface area contributed by atoms with Gasteiger partial charge in [0.2, 0.25) is 12.7 Å². The molecule has 1 aliphatic heterocycles. The first-order valence-corrected chi connectivity index (χ1v) is 10.1. The number of aromatic nitrogens is 3. The Bertz CT molecular complexity index is 1420. The summed E-state index contributed by atoms with van der Waals surface area (Å²) in [6, 6.07) is 12.2. The molecule has 33 heavy (non-hydrogen) atoms. The Morgan fingerprint density at radius 1 is 1.03 bits per heavy atom. The van der Waals surface area contributed by atoms with Gasteiger partial charge in [-0.25, -0.2) is 4.52 Å². The van der Waals surface area contributed by atoms with E-state index in [-0.39, 0.29) is 24.8 Å². The van der Waals surface area contributed by atoms with Crippen LogP contribution in [0.15, 0.2) is 59.7 Å². The van der Waals surface area contributed by atoms with E-state index in [9.17, 15) is 9.59 Å². The van der Waals surface area contributed by atoms with Gasteiger partial charge in [0.25, 0.3) is 5.56 Å². The van der Waals surface area contributed by atoms with E-state index in [0.29, 0.717) is 39.9 Å². The highest BCUT2D eigenvalue weighted by Gasteiger charge is 2.17. The Hall–Kier alpha value is -4.47. The van der Waals surface area contributed by atoms with Gasteiger partial charge >= 0.3 is 0 Å². The summed E-state index contributed by atoms with van der Waals surface area (Å²) in [5.74, 6) is 1.99. The number of ether oxygens (including phenoxy) is 4. The summed E-state index contributed by atoms with van der Waals surface area (Å²) in [6.45, 7) is 0.0221. The van der Waals surface area contributed by atoms with Gasteiger partial charge in [0.05, 0.1) is 19.9 Å². The van der Waals surface area contributed by atoms with Crippen molar-refractivity contribution in [2.24, 2.45) is 0 Å². The first kappa shape index (κ1) is 20.4. The number of carbonyl (C=O) groups is 1. The van der Waals surface area contributed by atoms with Gasteiger partial charge < -0.3 is 28.8 Å². The van der Waals surface area contributed by atoms with Crippen LogP contribution in [0.5, 0.6) is 23.0 Å². The van der Waals surface area contributed by atoms with Crippen LogP contribution in [0.2, 0.25) is 0 Å². The highest BCUT2D eigenvalue weighted by Crippen LogP contribution is 2.35. The minimum Gasteiger partial charge on any atom is -0.493 e. The molecule has 1 amide bonds. The SMILES string of the molecule is COc1ccc(NC(=O)Cn2ccn3nc(-c4ccc5c(c4)OCO5)cc3c2=O)cc1OC. The molecular formula is C23H20N4O6. The zero-order valence-electron chi connectivity index (χ0n) is 17.9. The molecule has 1 aliphatic rings. The smallest absolute Gasteiger partial charge is 0.277 e. The second kappa shape index (κ2) is 8.23. The van der Waals surface area contributed by atoms with E-state index in [1.165, 1.54) is 29.5 Å². The fourth-order valence-electron chi connectivity index (χ4n) is 3.62. The van der Waals surface area contributed by atoms with Crippen molar-refractivity contribution >= 4 is 17.1 Å². The number of nitrogens with zero attached hydrogens (tertiary/aromatic N) is 3. The summed E-state index contributed by atoms with van der Waals surface area (Å²) in [5.41, 5.74) is 1.95. The van der Waals surface area contributed by atoms with Crippen molar-refractivity contribution < 1.29 is 23.7 Å². The third-order valence-corrected chi connectivity index (χ3v) is 5.25. The average molecular weight is 448 g/mol. The van der Waals surface area contributed by atoms with Crippen LogP contribution >= 0.6 is 0 Å². The molecule has 0 spiro atoms. The van der Waals surface area contributed by atoms with Gasteiger partial charge in [-0.1, -0.05) is 0 Å². The molecule has 3 heterocycles. The van der Waals surface area contributed by atoms with E-state index in [0.717, 1.165) is 5.56 Å². The zero-order chi connectivity index (χ0) is 22.9. The molecule has 2 aromatic carbocycles. The summed E-state index contributed by atoms with van der Waals surface area (Å²) in [5, 5.41) is 7.24. The van der Waals surface area contributed by atoms with Crippen molar-refractivity contribution in [3.8, 4) is 34.3 Å². The van der Waals surface area contributed by atoms with E-state index >= 15 is 0 Å². The topological polar surface area (TPSA) is 105 Å². The Kier molecular flexibility index (Phi) is 5.09. The van der Waals surface area contributed by atoms with Crippen molar-refractivity contribution in [2.75, 3.05) is 26.3 Å². The Morgan fingerprint density at radius 2 is 1.85 bits per heavy atom. The van der Waals surface area contributed by atoms with Crippen molar-refractivity contribution in [2.45, 2.75) is 6.54 Å². The highest BCUT2D eigenvalue weighted by atomic mass is 16.7. The van der Waals surface area contributed by atoms with E-state index in [2.05, 4.69) is 10.4 Å². The Balaban J connectivity index is 1.37. The van der Waals surface area contributed by atoms with E-state index in [1.807, 2.05) is 12.1 Å². The van der Waals surface area contributed by atoms with Gasteiger partial charge in [0, 0.05) is 29.7 Å². The number of rotatable bonds is 6. The summed E-state index contributed by atoms with van der Waals surface area (Å²) in [4.78, 5) is 25.5. The van der Waals surface area contributed by atoms with Gasteiger partial charge in [-0.3, -0.25) is 9.59 Å². The summed E-state index contributed by atoms with van der Waals surface area (Å²) < 4.78 is 24.0. The van der Waals surface area contributed by atoms with Crippen LogP contribution in [0.3, 0.4) is 0 Å². The fourth-order valence-corrected chi connectivity index (χ4v) is 3.62. The predicted octanol–water partition coefficient (Wildman–Crippen LogP) is 2.55. The monoisotopic (exact) mass is 448 g/mol.